The van der Waals surface area contributed by atoms with Crippen LogP contribution in [0.2, 0.25) is 0 Å². The van der Waals surface area contributed by atoms with Crippen LogP contribution in [-0.2, 0) is 0 Å². The van der Waals surface area contributed by atoms with Crippen LogP contribution in [0.5, 0.6) is 5.75 Å². The fourth-order valence-electron chi connectivity index (χ4n) is 3.03. The van der Waals surface area contributed by atoms with Crippen LogP contribution < -0.4 is 10.5 Å². The highest BCUT2D eigenvalue weighted by molar-refractivity contribution is 5.80. The molecule has 2 N–H and O–H groups in total. The highest BCUT2D eigenvalue weighted by Gasteiger charge is 2.13. The van der Waals surface area contributed by atoms with E-state index in [1.165, 1.54) is 19.3 Å². The van der Waals surface area contributed by atoms with Crippen molar-refractivity contribution < 1.29 is 4.74 Å². The number of ether oxygens (including phenoxy) is 1. The molecule has 0 unspecified atom stereocenters. The Labute approximate surface area is 165 Å². The topological polar surface area (TPSA) is 84.8 Å². The fraction of sp³-hybridized carbons (Fsp3) is 0.261. The van der Waals surface area contributed by atoms with Gasteiger partial charge in [0.2, 0.25) is 0 Å². The molecule has 2 aromatic heterocycles. The quantitative estimate of drug-likeness (QED) is 0.548. The maximum Gasteiger partial charge on any atom is 0.142 e. The minimum atomic E-state index is 0.225. The van der Waals surface area contributed by atoms with Gasteiger partial charge in [0.15, 0.2) is 0 Å². The summed E-state index contributed by atoms with van der Waals surface area (Å²) in [4.78, 5) is 8.42. The zero-order valence-electron chi connectivity index (χ0n) is 16.1. The molecule has 2 heterocycles. The van der Waals surface area contributed by atoms with Crippen molar-refractivity contribution in [3.8, 4) is 34.2 Å². The van der Waals surface area contributed by atoms with E-state index in [0.29, 0.717) is 11.3 Å². The van der Waals surface area contributed by atoms with Crippen LogP contribution in [-0.4, -0.2) is 16.6 Å². The van der Waals surface area contributed by atoms with Crippen molar-refractivity contribution in [3.05, 3.63) is 60.4 Å². The molecule has 142 valence electrons. The van der Waals surface area contributed by atoms with E-state index in [9.17, 15) is 5.26 Å². The third-order valence-electron chi connectivity index (χ3n) is 4.57. The standard InChI is InChI=1S/C23H24N4O/c1-2-3-4-5-14-28-19-8-6-17(7-9-19)20-15-22(18-10-12-26-13-11-18)27-23(25)21(20)16-24/h6-13,15H,2-5,14H2,1H3,(H2,25,27). The van der Waals surface area contributed by atoms with Gasteiger partial charge in [-0.1, -0.05) is 38.3 Å². The normalized spacial score (nSPS) is 10.4. The summed E-state index contributed by atoms with van der Waals surface area (Å²) in [6.07, 6.45) is 8.11. The maximum atomic E-state index is 9.56. The summed E-state index contributed by atoms with van der Waals surface area (Å²) in [5.74, 6) is 1.05. The number of rotatable bonds is 8. The molecular weight excluding hydrogens is 348 g/mol. The number of pyridine rings is 2. The third kappa shape index (κ3) is 4.66. The molecule has 0 amide bonds. The van der Waals surface area contributed by atoms with Crippen molar-refractivity contribution >= 4 is 5.82 Å². The first-order valence-corrected chi connectivity index (χ1v) is 9.57. The number of hydrogen-bond acceptors (Lipinski definition) is 5. The van der Waals surface area contributed by atoms with E-state index < -0.39 is 0 Å². The van der Waals surface area contributed by atoms with E-state index in [-0.39, 0.29) is 5.82 Å². The number of aromatic nitrogens is 2. The second kappa shape index (κ2) is 9.52. The van der Waals surface area contributed by atoms with Gasteiger partial charge in [-0.15, -0.1) is 0 Å². The molecule has 0 aliphatic rings. The molecule has 0 saturated heterocycles. The van der Waals surface area contributed by atoms with Crippen LogP contribution >= 0.6 is 0 Å². The second-order valence-electron chi connectivity index (χ2n) is 6.60. The van der Waals surface area contributed by atoms with E-state index in [0.717, 1.165) is 35.5 Å². The number of nitriles is 1. The molecule has 3 rings (SSSR count). The zero-order chi connectivity index (χ0) is 19.8. The molecule has 5 heteroatoms. The van der Waals surface area contributed by atoms with Crippen molar-refractivity contribution in [1.29, 1.82) is 5.26 Å². The lowest BCUT2D eigenvalue weighted by atomic mass is 9.98. The smallest absolute Gasteiger partial charge is 0.142 e. The molecule has 0 radical (unpaired) electrons. The number of hydrogen-bond donors (Lipinski definition) is 1. The van der Waals surface area contributed by atoms with Gasteiger partial charge in [-0.05, 0) is 42.3 Å². The Bertz CT molecular complexity index is 947. The first-order chi connectivity index (χ1) is 13.7. The van der Waals surface area contributed by atoms with Crippen LogP contribution in [0.1, 0.15) is 38.2 Å². The lowest BCUT2D eigenvalue weighted by Gasteiger charge is -2.11. The van der Waals surface area contributed by atoms with Gasteiger partial charge in [-0.2, -0.15) is 5.26 Å². The lowest BCUT2D eigenvalue weighted by Crippen LogP contribution is -2.00. The average Bonchev–Trinajstić information content (AvgIpc) is 2.74. The molecule has 28 heavy (non-hydrogen) atoms. The molecule has 0 saturated carbocycles. The summed E-state index contributed by atoms with van der Waals surface area (Å²) in [6, 6.07) is 15.6. The predicted octanol–water partition coefficient (Wildman–Crippen LogP) is 5.22. The number of benzene rings is 1. The van der Waals surface area contributed by atoms with Crippen molar-refractivity contribution in [2.24, 2.45) is 0 Å². The molecule has 0 atom stereocenters. The molecule has 0 aliphatic heterocycles. The van der Waals surface area contributed by atoms with Gasteiger partial charge in [-0.3, -0.25) is 4.98 Å². The number of nitrogens with zero attached hydrogens (tertiary/aromatic N) is 3. The first kappa shape index (κ1) is 19.4. The van der Waals surface area contributed by atoms with E-state index >= 15 is 0 Å². The van der Waals surface area contributed by atoms with E-state index in [1.54, 1.807) is 12.4 Å². The van der Waals surface area contributed by atoms with Gasteiger partial charge in [-0.25, -0.2) is 4.98 Å². The molecule has 0 fully saturated rings. The van der Waals surface area contributed by atoms with Crippen LogP contribution in [0.15, 0.2) is 54.9 Å². The second-order valence-corrected chi connectivity index (χ2v) is 6.60. The number of nitrogens with two attached hydrogens (primary N) is 1. The fourth-order valence-corrected chi connectivity index (χ4v) is 3.03. The van der Waals surface area contributed by atoms with Crippen molar-refractivity contribution in [2.45, 2.75) is 32.6 Å². The Morgan fingerprint density at radius 2 is 1.75 bits per heavy atom. The summed E-state index contributed by atoms with van der Waals surface area (Å²) < 4.78 is 5.81. The molecule has 3 aromatic rings. The lowest BCUT2D eigenvalue weighted by molar-refractivity contribution is 0.305. The molecule has 0 spiro atoms. The Morgan fingerprint density at radius 3 is 2.43 bits per heavy atom. The number of unbranched alkanes of at least 4 members (excludes halogenated alkanes) is 3. The van der Waals surface area contributed by atoms with Crippen LogP contribution in [0.4, 0.5) is 5.82 Å². The number of nitrogen functional groups attached to an aromatic ring is 1. The summed E-state index contributed by atoms with van der Waals surface area (Å²) >= 11 is 0. The van der Waals surface area contributed by atoms with Crippen LogP contribution in [0.25, 0.3) is 22.4 Å². The van der Waals surface area contributed by atoms with Gasteiger partial charge >= 0.3 is 0 Å². The molecule has 1 aromatic carbocycles. The number of anilines is 1. The summed E-state index contributed by atoms with van der Waals surface area (Å²) in [6.45, 7) is 2.91. The molecule has 5 nitrogen and oxygen atoms in total. The Kier molecular flexibility index (Phi) is 6.59. The van der Waals surface area contributed by atoms with Crippen LogP contribution in [0.3, 0.4) is 0 Å². The molecular formula is C23H24N4O. The maximum absolute atomic E-state index is 9.56. The highest BCUT2D eigenvalue weighted by Crippen LogP contribution is 2.32. The summed E-state index contributed by atoms with van der Waals surface area (Å²) in [5, 5.41) is 9.56. The monoisotopic (exact) mass is 372 g/mol. The van der Waals surface area contributed by atoms with E-state index in [1.807, 2.05) is 42.5 Å². The largest absolute Gasteiger partial charge is 0.494 e. The average molecular weight is 372 g/mol. The van der Waals surface area contributed by atoms with Crippen LogP contribution in [0, 0.1) is 11.3 Å². The van der Waals surface area contributed by atoms with Crippen molar-refractivity contribution in [3.63, 3.8) is 0 Å². The zero-order valence-corrected chi connectivity index (χ0v) is 16.1. The Balaban J connectivity index is 1.84. The first-order valence-electron chi connectivity index (χ1n) is 9.57. The van der Waals surface area contributed by atoms with Gasteiger partial charge in [0.25, 0.3) is 0 Å². The minimum Gasteiger partial charge on any atom is -0.494 e. The molecule has 0 bridgehead atoms. The summed E-state index contributed by atoms with van der Waals surface area (Å²) in [5.41, 5.74) is 9.73. The van der Waals surface area contributed by atoms with E-state index in [4.69, 9.17) is 10.5 Å². The predicted molar refractivity (Wildman–Crippen MR) is 112 cm³/mol. The minimum absolute atomic E-state index is 0.225. The Hall–Kier alpha value is -3.39. The van der Waals surface area contributed by atoms with Gasteiger partial charge in [0.05, 0.1) is 12.3 Å². The van der Waals surface area contributed by atoms with Crippen molar-refractivity contribution in [1.82, 2.24) is 9.97 Å². The highest BCUT2D eigenvalue weighted by atomic mass is 16.5. The van der Waals surface area contributed by atoms with Gasteiger partial charge in [0.1, 0.15) is 23.2 Å². The van der Waals surface area contributed by atoms with E-state index in [2.05, 4.69) is 23.0 Å². The molecule has 0 aliphatic carbocycles. The van der Waals surface area contributed by atoms with Gasteiger partial charge in [0, 0.05) is 23.5 Å². The summed E-state index contributed by atoms with van der Waals surface area (Å²) in [7, 11) is 0. The van der Waals surface area contributed by atoms with Crippen molar-refractivity contribution in [2.75, 3.05) is 12.3 Å². The van der Waals surface area contributed by atoms with Gasteiger partial charge < -0.3 is 10.5 Å². The third-order valence-corrected chi connectivity index (χ3v) is 4.57. The SMILES string of the molecule is CCCCCCOc1ccc(-c2cc(-c3ccncc3)nc(N)c2C#N)cc1. The Morgan fingerprint density at radius 1 is 1.00 bits per heavy atom.